The summed E-state index contributed by atoms with van der Waals surface area (Å²) in [5, 5.41) is 4.49. The molecule has 3 aromatic rings. The fourth-order valence-corrected chi connectivity index (χ4v) is 2.91. The molecule has 0 bridgehead atoms. The minimum absolute atomic E-state index is 0.0506. The zero-order chi connectivity index (χ0) is 20.1. The van der Waals surface area contributed by atoms with E-state index in [4.69, 9.17) is 21.1 Å². The van der Waals surface area contributed by atoms with E-state index in [0.29, 0.717) is 10.7 Å². The van der Waals surface area contributed by atoms with Gasteiger partial charge in [-0.3, -0.25) is 4.79 Å². The summed E-state index contributed by atoms with van der Waals surface area (Å²) in [7, 11) is 0. The van der Waals surface area contributed by atoms with Gasteiger partial charge in [-0.25, -0.2) is 4.79 Å². The van der Waals surface area contributed by atoms with Crippen LogP contribution in [0.2, 0.25) is 5.02 Å². The molecule has 0 fully saturated rings. The number of hydrogen-bond acceptors (Lipinski definition) is 5. The Morgan fingerprint density at radius 2 is 1.89 bits per heavy atom. The molecule has 0 saturated carbocycles. The molecule has 2 aromatic carbocycles. The number of para-hydroxylation sites is 1. The highest BCUT2D eigenvalue weighted by molar-refractivity contribution is 9.10. The number of halogens is 2. The number of carbonyl (C=O) groups excluding carboxylic acids is 1. The highest BCUT2D eigenvalue weighted by Gasteiger charge is 2.20. The van der Waals surface area contributed by atoms with Crippen LogP contribution in [0.1, 0.15) is 23.0 Å². The van der Waals surface area contributed by atoms with Gasteiger partial charge in [0.25, 0.3) is 5.56 Å². The lowest BCUT2D eigenvalue weighted by molar-refractivity contribution is 0.0511. The first-order valence-corrected chi connectivity index (χ1v) is 9.60. The molecule has 0 amide bonds. The minimum Gasteiger partial charge on any atom is -0.486 e. The van der Waals surface area contributed by atoms with Crippen LogP contribution in [0.4, 0.5) is 0 Å². The van der Waals surface area contributed by atoms with Crippen molar-refractivity contribution in [2.75, 3.05) is 6.61 Å². The standard InChI is InChI=1S/C20H16BrClN2O4/c1-2-27-20(26)19-17(28-12-13-7-9-14(21)10-8-13)11-18(25)24(23-19)16-6-4-3-5-15(16)22/h3-11H,2,12H2,1H3. The van der Waals surface area contributed by atoms with E-state index in [1.807, 2.05) is 24.3 Å². The van der Waals surface area contributed by atoms with E-state index in [1.54, 1.807) is 31.2 Å². The molecule has 1 aromatic heterocycles. The van der Waals surface area contributed by atoms with Crippen molar-refractivity contribution < 1.29 is 14.3 Å². The molecule has 0 aliphatic carbocycles. The Bertz CT molecular complexity index is 1050. The van der Waals surface area contributed by atoms with Crippen LogP contribution in [-0.4, -0.2) is 22.4 Å². The van der Waals surface area contributed by atoms with E-state index in [1.165, 1.54) is 6.07 Å². The second-order valence-electron chi connectivity index (χ2n) is 5.69. The predicted octanol–water partition coefficient (Wildman–Crippen LogP) is 4.40. The molecule has 144 valence electrons. The van der Waals surface area contributed by atoms with Crippen molar-refractivity contribution in [2.45, 2.75) is 13.5 Å². The lowest BCUT2D eigenvalue weighted by Gasteiger charge is -2.13. The quantitative estimate of drug-likeness (QED) is 0.507. The van der Waals surface area contributed by atoms with Crippen molar-refractivity contribution in [3.63, 3.8) is 0 Å². The summed E-state index contributed by atoms with van der Waals surface area (Å²) < 4.78 is 12.8. The topological polar surface area (TPSA) is 70.4 Å². The van der Waals surface area contributed by atoms with Crippen LogP contribution in [0.3, 0.4) is 0 Å². The molecule has 28 heavy (non-hydrogen) atoms. The van der Waals surface area contributed by atoms with Gasteiger partial charge >= 0.3 is 5.97 Å². The lowest BCUT2D eigenvalue weighted by atomic mass is 10.2. The second-order valence-corrected chi connectivity index (χ2v) is 7.02. The number of rotatable bonds is 6. The van der Waals surface area contributed by atoms with Crippen molar-refractivity contribution >= 4 is 33.5 Å². The normalized spacial score (nSPS) is 10.5. The molecule has 0 aliphatic rings. The number of aromatic nitrogens is 2. The number of hydrogen-bond donors (Lipinski definition) is 0. The number of carbonyl (C=O) groups is 1. The average Bonchev–Trinajstić information content (AvgIpc) is 2.68. The van der Waals surface area contributed by atoms with Crippen LogP contribution in [0, 0.1) is 0 Å². The summed E-state index contributed by atoms with van der Waals surface area (Å²) in [5.41, 5.74) is 0.651. The summed E-state index contributed by atoms with van der Waals surface area (Å²) >= 11 is 9.53. The van der Waals surface area contributed by atoms with Crippen molar-refractivity contribution in [2.24, 2.45) is 0 Å². The molecule has 0 N–H and O–H groups in total. The van der Waals surface area contributed by atoms with Crippen molar-refractivity contribution in [1.82, 2.24) is 9.78 Å². The Balaban J connectivity index is 2.00. The van der Waals surface area contributed by atoms with E-state index in [9.17, 15) is 9.59 Å². The Kier molecular flexibility index (Phi) is 6.49. The fourth-order valence-electron chi connectivity index (χ4n) is 2.43. The second kappa shape index (κ2) is 9.03. The van der Waals surface area contributed by atoms with Gasteiger partial charge in [-0.15, -0.1) is 0 Å². The zero-order valence-electron chi connectivity index (χ0n) is 14.9. The first-order valence-electron chi connectivity index (χ1n) is 8.43. The van der Waals surface area contributed by atoms with Crippen LogP contribution in [-0.2, 0) is 11.3 Å². The van der Waals surface area contributed by atoms with E-state index < -0.39 is 11.5 Å². The highest BCUT2D eigenvalue weighted by atomic mass is 79.9. The third-order valence-corrected chi connectivity index (χ3v) is 4.60. The molecule has 0 spiro atoms. The van der Waals surface area contributed by atoms with E-state index in [2.05, 4.69) is 21.0 Å². The number of benzene rings is 2. The summed E-state index contributed by atoms with van der Waals surface area (Å²) in [4.78, 5) is 25.0. The molecule has 3 rings (SSSR count). The van der Waals surface area contributed by atoms with Crippen LogP contribution in [0.5, 0.6) is 5.75 Å². The zero-order valence-corrected chi connectivity index (χ0v) is 17.2. The molecule has 0 unspecified atom stereocenters. The Morgan fingerprint density at radius 3 is 2.57 bits per heavy atom. The summed E-state index contributed by atoms with van der Waals surface area (Å²) in [6, 6.07) is 15.4. The molecular weight excluding hydrogens is 448 g/mol. The Morgan fingerprint density at radius 1 is 1.18 bits per heavy atom. The first kappa shape index (κ1) is 20.1. The van der Waals surface area contributed by atoms with Gasteiger partial charge in [-0.1, -0.05) is 51.8 Å². The fraction of sp³-hybridized carbons (Fsp3) is 0.150. The third-order valence-electron chi connectivity index (χ3n) is 3.75. The Labute approximate surface area is 174 Å². The highest BCUT2D eigenvalue weighted by Crippen LogP contribution is 2.21. The molecule has 0 aliphatic heterocycles. The van der Waals surface area contributed by atoms with Crippen LogP contribution >= 0.6 is 27.5 Å². The number of ether oxygens (including phenoxy) is 2. The molecule has 0 saturated heterocycles. The summed E-state index contributed by atoms with van der Waals surface area (Å²) in [6.45, 7) is 2.01. The maximum Gasteiger partial charge on any atom is 0.362 e. The van der Waals surface area contributed by atoms with Gasteiger partial charge in [-0.2, -0.15) is 9.78 Å². The molecule has 1 heterocycles. The van der Waals surface area contributed by atoms with Crippen molar-refractivity contribution in [1.29, 1.82) is 0 Å². The van der Waals surface area contributed by atoms with Crippen LogP contribution in [0.25, 0.3) is 5.69 Å². The van der Waals surface area contributed by atoms with Gasteiger partial charge < -0.3 is 9.47 Å². The molecular formula is C20H16BrClN2O4. The van der Waals surface area contributed by atoms with Gasteiger partial charge in [0.15, 0.2) is 5.75 Å². The van der Waals surface area contributed by atoms with Gasteiger partial charge in [-0.05, 0) is 36.8 Å². The predicted molar refractivity (Wildman–Crippen MR) is 109 cm³/mol. The van der Waals surface area contributed by atoms with E-state index in [-0.39, 0.29) is 24.7 Å². The van der Waals surface area contributed by atoms with E-state index in [0.717, 1.165) is 14.7 Å². The minimum atomic E-state index is -0.686. The van der Waals surface area contributed by atoms with Gasteiger partial charge in [0.1, 0.15) is 6.61 Å². The maximum absolute atomic E-state index is 12.6. The van der Waals surface area contributed by atoms with Crippen LogP contribution in [0.15, 0.2) is 63.9 Å². The SMILES string of the molecule is CCOC(=O)c1nn(-c2ccccc2Cl)c(=O)cc1OCc1ccc(Br)cc1. The van der Waals surface area contributed by atoms with Gasteiger partial charge in [0.2, 0.25) is 5.69 Å². The molecule has 6 nitrogen and oxygen atoms in total. The summed E-state index contributed by atoms with van der Waals surface area (Å²) in [6.07, 6.45) is 0. The number of nitrogens with zero attached hydrogens (tertiary/aromatic N) is 2. The summed E-state index contributed by atoms with van der Waals surface area (Å²) in [5.74, 6) is -0.635. The van der Waals surface area contributed by atoms with E-state index >= 15 is 0 Å². The van der Waals surface area contributed by atoms with Gasteiger partial charge in [0, 0.05) is 4.47 Å². The lowest BCUT2D eigenvalue weighted by Crippen LogP contribution is -2.25. The maximum atomic E-state index is 12.6. The van der Waals surface area contributed by atoms with Crippen molar-refractivity contribution in [3.8, 4) is 11.4 Å². The molecule has 0 atom stereocenters. The largest absolute Gasteiger partial charge is 0.486 e. The smallest absolute Gasteiger partial charge is 0.362 e. The molecule has 0 radical (unpaired) electrons. The Hall–Kier alpha value is -2.64. The van der Waals surface area contributed by atoms with Gasteiger partial charge in [0.05, 0.1) is 23.4 Å². The molecule has 8 heteroatoms. The third kappa shape index (κ3) is 4.61. The van der Waals surface area contributed by atoms with Crippen LogP contribution < -0.4 is 10.3 Å². The van der Waals surface area contributed by atoms with Crippen molar-refractivity contribution in [3.05, 3.63) is 85.7 Å². The first-order chi connectivity index (χ1) is 13.5. The monoisotopic (exact) mass is 462 g/mol. The average molecular weight is 464 g/mol. The number of esters is 1.